The lowest BCUT2D eigenvalue weighted by Crippen LogP contribution is -2.39. The third-order valence-electron chi connectivity index (χ3n) is 2.58. The molecule has 0 aliphatic carbocycles. The van der Waals surface area contributed by atoms with Crippen molar-refractivity contribution in [2.75, 3.05) is 31.8 Å². The minimum absolute atomic E-state index is 0.0145. The molecule has 1 aliphatic rings. The highest BCUT2D eigenvalue weighted by molar-refractivity contribution is 7.99. The van der Waals surface area contributed by atoms with Gasteiger partial charge in [0, 0.05) is 25.2 Å². The van der Waals surface area contributed by atoms with Gasteiger partial charge in [-0.3, -0.25) is 0 Å². The summed E-state index contributed by atoms with van der Waals surface area (Å²) >= 11 is 1.86. The second kappa shape index (κ2) is 6.67. The van der Waals surface area contributed by atoms with Crippen LogP contribution >= 0.6 is 11.8 Å². The second-order valence-corrected chi connectivity index (χ2v) is 4.88. The van der Waals surface area contributed by atoms with Crippen LogP contribution in [0.4, 0.5) is 0 Å². The number of aliphatic hydroxyl groups excluding tert-OH is 1. The molecule has 0 spiro atoms. The number of rotatable bonds is 5. The summed E-state index contributed by atoms with van der Waals surface area (Å²) in [7, 11) is 1.69. The van der Waals surface area contributed by atoms with Gasteiger partial charge in [-0.25, -0.2) is 0 Å². The van der Waals surface area contributed by atoms with Gasteiger partial charge in [-0.2, -0.15) is 11.8 Å². The zero-order valence-electron chi connectivity index (χ0n) is 8.94. The SMILES string of the molecule is COCCC(C)C(O)C1CSCCO1. The summed E-state index contributed by atoms with van der Waals surface area (Å²) < 4.78 is 10.5. The molecule has 1 saturated heterocycles. The lowest BCUT2D eigenvalue weighted by atomic mass is 9.97. The molecule has 0 aromatic heterocycles. The van der Waals surface area contributed by atoms with E-state index < -0.39 is 0 Å². The molecule has 1 N–H and O–H groups in total. The molecule has 84 valence electrons. The number of hydrogen-bond donors (Lipinski definition) is 1. The monoisotopic (exact) mass is 220 g/mol. The van der Waals surface area contributed by atoms with E-state index in [1.165, 1.54) is 0 Å². The fourth-order valence-electron chi connectivity index (χ4n) is 1.54. The molecule has 0 bridgehead atoms. The largest absolute Gasteiger partial charge is 0.390 e. The van der Waals surface area contributed by atoms with E-state index in [1.54, 1.807) is 7.11 Å². The zero-order valence-corrected chi connectivity index (χ0v) is 9.76. The summed E-state index contributed by atoms with van der Waals surface area (Å²) in [5.74, 6) is 2.22. The van der Waals surface area contributed by atoms with Gasteiger partial charge in [-0.15, -0.1) is 0 Å². The van der Waals surface area contributed by atoms with Crippen molar-refractivity contribution in [1.29, 1.82) is 0 Å². The highest BCUT2D eigenvalue weighted by atomic mass is 32.2. The Bertz CT molecular complexity index is 148. The van der Waals surface area contributed by atoms with Crippen molar-refractivity contribution in [2.24, 2.45) is 5.92 Å². The van der Waals surface area contributed by atoms with Crippen LogP contribution in [0.5, 0.6) is 0 Å². The van der Waals surface area contributed by atoms with Crippen molar-refractivity contribution in [3.8, 4) is 0 Å². The van der Waals surface area contributed by atoms with Gasteiger partial charge < -0.3 is 14.6 Å². The van der Waals surface area contributed by atoms with Crippen LogP contribution in [0.3, 0.4) is 0 Å². The lowest BCUT2D eigenvalue weighted by molar-refractivity contribution is -0.0493. The fraction of sp³-hybridized carbons (Fsp3) is 1.00. The van der Waals surface area contributed by atoms with Crippen molar-refractivity contribution < 1.29 is 14.6 Å². The van der Waals surface area contributed by atoms with Crippen molar-refractivity contribution in [3.63, 3.8) is 0 Å². The van der Waals surface area contributed by atoms with Crippen molar-refractivity contribution >= 4 is 11.8 Å². The van der Waals surface area contributed by atoms with Crippen LogP contribution in [0.2, 0.25) is 0 Å². The third kappa shape index (κ3) is 3.77. The van der Waals surface area contributed by atoms with E-state index in [9.17, 15) is 5.11 Å². The quantitative estimate of drug-likeness (QED) is 0.754. The molecule has 1 aliphatic heterocycles. The van der Waals surface area contributed by atoms with Gasteiger partial charge in [0.25, 0.3) is 0 Å². The van der Waals surface area contributed by atoms with Gasteiger partial charge in [0.1, 0.15) is 0 Å². The van der Waals surface area contributed by atoms with Crippen molar-refractivity contribution in [2.45, 2.75) is 25.6 Å². The minimum atomic E-state index is -0.349. The Morgan fingerprint density at radius 3 is 3.00 bits per heavy atom. The normalized spacial score (nSPS) is 27.2. The molecule has 4 heteroatoms. The third-order valence-corrected chi connectivity index (χ3v) is 3.60. The van der Waals surface area contributed by atoms with Gasteiger partial charge in [-0.1, -0.05) is 6.92 Å². The molecule has 3 unspecified atom stereocenters. The average Bonchev–Trinajstić information content (AvgIpc) is 2.26. The van der Waals surface area contributed by atoms with Crippen molar-refractivity contribution in [1.82, 2.24) is 0 Å². The molecular weight excluding hydrogens is 200 g/mol. The van der Waals surface area contributed by atoms with Gasteiger partial charge in [-0.05, 0) is 12.3 Å². The molecule has 3 nitrogen and oxygen atoms in total. The van der Waals surface area contributed by atoms with Crippen LogP contribution in [-0.4, -0.2) is 49.1 Å². The molecule has 0 radical (unpaired) electrons. The Morgan fingerprint density at radius 1 is 1.64 bits per heavy atom. The van der Waals surface area contributed by atoms with Crippen LogP contribution in [0.15, 0.2) is 0 Å². The minimum Gasteiger partial charge on any atom is -0.390 e. The summed E-state index contributed by atoms with van der Waals surface area (Å²) in [6.07, 6.45) is 0.556. The van der Waals surface area contributed by atoms with E-state index >= 15 is 0 Å². The molecule has 1 fully saturated rings. The highest BCUT2D eigenvalue weighted by Crippen LogP contribution is 2.21. The predicted molar refractivity (Wildman–Crippen MR) is 58.7 cm³/mol. The van der Waals surface area contributed by atoms with Gasteiger partial charge in [0.05, 0.1) is 18.8 Å². The van der Waals surface area contributed by atoms with Crippen LogP contribution in [0.1, 0.15) is 13.3 Å². The molecule has 14 heavy (non-hydrogen) atoms. The van der Waals surface area contributed by atoms with Crippen LogP contribution in [0, 0.1) is 5.92 Å². The Labute approximate surface area is 90.2 Å². The molecule has 0 aromatic rings. The Balaban J connectivity index is 2.26. The maximum absolute atomic E-state index is 9.98. The Hall–Kier alpha value is 0.230. The predicted octanol–water partition coefficient (Wildman–Crippen LogP) is 1.15. The smallest absolute Gasteiger partial charge is 0.0927 e. The molecule has 1 heterocycles. The molecular formula is C10H20O3S. The molecule has 0 amide bonds. The lowest BCUT2D eigenvalue weighted by Gasteiger charge is -2.30. The summed E-state index contributed by atoms with van der Waals surface area (Å²) in [5.41, 5.74) is 0. The first-order valence-corrected chi connectivity index (χ1v) is 6.27. The van der Waals surface area contributed by atoms with Crippen LogP contribution < -0.4 is 0 Å². The van der Waals surface area contributed by atoms with Gasteiger partial charge in [0.2, 0.25) is 0 Å². The van der Waals surface area contributed by atoms with Gasteiger partial charge in [0.15, 0.2) is 0 Å². The second-order valence-electron chi connectivity index (χ2n) is 3.73. The fourth-order valence-corrected chi connectivity index (χ4v) is 2.45. The van der Waals surface area contributed by atoms with Gasteiger partial charge >= 0.3 is 0 Å². The number of aliphatic hydroxyl groups is 1. The van der Waals surface area contributed by atoms with E-state index in [4.69, 9.17) is 9.47 Å². The topological polar surface area (TPSA) is 38.7 Å². The molecule has 3 atom stereocenters. The summed E-state index contributed by atoms with van der Waals surface area (Å²) in [4.78, 5) is 0. The average molecular weight is 220 g/mol. The van der Waals surface area contributed by atoms with Crippen LogP contribution in [-0.2, 0) is 9.47 Å². The summed E-state index contributed by atoms with van der Waals surface area (Å²) in [5, 5.41) is 9.98. The number of ether oxygens (including phenoxy) is 2. The highest BCUT2D eigenvalue weighted by Gasteiger charge is 2.27. The number of methoxy groups -OCH3 is 1. The van der Waals surface area contributed by atoms with E-state index in [0.717, 1.165) is 24.5 Å². The van der Waals surface area contributed by atoms with Crippen molar-refractivity contribution in [3.05, 3.63) is 0 Å². The maximum atomic E-state index is 9.98. The maximum Gasteiger partial charge on any atom is 0.0927 e. The van der Waals surface area contributed by atoms with E-state index in [0.29, 0.717) is 6.61 Å². The first-order valence-electron chi connectivity index (χ1n) is 5.12. The first-order chi connectivity index (χ1) is 6.75. The van der Waals surface area contributed by atoms with Crippen LogP contribution in [0.25, 0.3) is 0 Å². The Morgan fingerprint density at radius 2 is 2.43 bits per heavy atom. The summed E-state index contributed by atoms with van der Waals surface area (Å²) in [6, 6.07) is 0. The Kier molecular flexibility index (Phi) is 5.86. The number of thioether (sulfide) groups is 1. The van der Waals surface area contributed by atoms with E-state index in [2.05, 4.69) is 0 Å². The first kappa shape index (κ1) is 12.3. The molecule has 0 aromatic carbocycles. The van der Waals surface area contributed by atoms with E-state index in [1.807, 2.05) is 18.7 Å². The molecule has 1 rings (SSSR count). The molecule has 0 saturated carbocycles. The standard InChI is InChI=1S/C10H20O3S/c1-8(3-4-12-2)10(11)9-7-14-6-5-13-9/h8-11H,3-7H2,1-2H3. The van der Waals surface area contributed by atoms with E-state index in [-0.39, 0.29) is 18.1 Å². The zero-order chi connectivity index (χ0) is 10.4. The number of hydrogen-bond acceptors (Lipinski definition) is 4. The summed E-state index contributed by atoms with van der Waals surface area (Å²) in [6.45, 7) is 3.52.